The van der Waals surface area contributed by atoms with E-state index in [1.54, 1.807) is 0 Å². The number of anilines is 1. The van der Waals surface area contributed by atoms with Crippen LogP contribution in [0.1, 0.15) is 46.4 Å². The van der Waals surface area contributed by atoms with Gasteiger partial charge in [0, 0.05) is 6.04 Å². The summed E-state index contributed by atoms with van der Waals surface area (Å²) in [5, 5.41) is 6.63. The Labute approximate surface area is 140 Å². The van der Waals surface area contributed by atoms with Crippen molar-refractivity contribution in [3.05, 3.63) is 29.3 Å². The summed E-state index contributed by atoms with van der Waals surface area (Å²) in [4.78, 5) is 23.5. The number of ether oxygens (including phenoxy) is 2. The molecule has 0 spiro atoms. The van der Waals surface area contributed by atoms with E-state index in [1.807, 2.05) is 0 Å². The first kappa shape index (κ1) is 17.2. The van der Waals surface area contributed by atoms with Crippen LogP contribution in [0.25, 0.3) is 0 Å². The highest BCUT2D eigenvalue weighted by Gasteiger charge is 2.19. The van der Waals surface area contributed by atoms with E-state index in [0.29, 0.717) is 28.0 Å². The van der Waals surface area contributed by atoms with Crippen LogP contribution in [0.5, 0.6) is 0 Å². The van der Waals surface area contributed by atoms with E-state index >= 15 is 0 Å². The van der Waals surface area contributed by atoms with Gasteiger partial charge in [-0.1, -0.05) is 12.8 Å². The number of hydrogen-bond acceptors (Lipinski definition) is 5. The molecule has 0 bridgehead atoms. The molecule has 1 aromatic rings. The minimum absolute atomic E-state index is 0.302. The molecule has 0 aliphatic heterocycles. The van der Waals surface area contributed by atoms with Crippen LogP contribution in [-0.2, 0) is 9.47 Å². The first-order valence-corrected chi connectivity index (χ1v) is 7.84. The van der Waals surface area contributed by atoms with Crippen molar-refractivity contribution in [2.24, 2.45) is 0 Å². The molecule has 0 heterocycles. The van der Waals surface area contributed by atoms with Gasteiger partial charge in [0.05, 0.1) is 31.0 Å². The summed E-state index contributed by atoms with van der Waals surface area (Å²) in [5.74, 6) is -0.994. The molecule has 0 atom stereocenters. The molecule has 0 radical (unpaired) electrons. The highest BCUT2D eigenvalue weighted by Crippen LogP contribution is 2.21. The Hall–Kier alpha value is -2.15. The van der Waals surface area contributed by atoms with Gasteiger partial charge < -0.3 is 20.1 Å². The van der Waals surface area contributed by atoms with Crippen LogP contribution >= 0.6 is 12.2 Å². The van der Waals surface area contributed by atoms with Crippen LogP contribution in [0.15, 0.2) is 18.2 Å². The zero-order valence-electron chi connectivity index (χ0n) is 13.2. The molecule has 1 aliphatic carbocycles. The normalized spacial score (nSPS) is 14.2. The van der Waals surface area contributed by atoms with Gasteiger partial charge in [-0.25, -0.2) is 9.59 Å². The maximum Gasteiger partial charge on any atom is 0.339 e. The first-order valence-electron chi connectivity index (χ1n) is 7.43. The maximum atomic E-state index is 11.9. The molecule has 0 aromatic heterocycles. The molecule has 1 aliphatic rings. The Kier molecular flexibility index (Phi) is 5.92. The second-order valence-corrected chi connectivity index (χ2v) is 5.73. The number of rotatable bonds is 4. The van der Waals surface area contributed by atoms with Crippen molar-refractivity contribution in [3.63, 3.8) is 0 Å². The van der Waals surface area contributed by atoms with Crippen molar-refractivity contribution in [2.75, 3.05) is 19.5 Å². The molecule has 6 nitrogen and oxygen atoms in total. The summed E-state index contributed by atoms with van der Waals surface area (Å²) in [6.07, 6.45) is 4.53. The fourth-order valence-corrected chi connectivity index (χ4v) is 2.87. The van der Waals surface area contributed by atoms with Gasteiger partial charge in [-0.3, -0.25) is 0 Å². The van der Waals surface area contributed by atoms with Crippen molar-refractivity contribution < 1.29 is 19.1 Å². The Morgan fingerprint density at radius 3 is 2.39 bits per heavy atom. The van der Waals surface area contributed by atoms with Crippen LogP contribution in [0, 0.1) is 0 Å². The summed E-state index contributed by atoms with van der Waals surface area (Å²) in [6.45, 7) is 0. The van der Waals surface area contributed by atoms with E-state index in [-0.39, 0.29) is 0 Å². The average Bonchev–Trinajstić information content (AvgIpc) is 3.06. The van der Waals surface area contributed by atoms with Gasteiger partial charge in [0.25, 0.3) is 0 Å². The number of thiocarbonyl (C=S) groups is 1. The van der Waals surface area contributed by atoms with Crippen LogP contribution < -0.4 is 10.6 Å². The first-order chi connectivity index (χ1) is 11.0. The molecule has 7 heteroatoms. The van der Waals surface area contributed by atoms with Gasteiger partial charge in [-0.05, 0) is 43.3 Å². The monoisotopic (exact) mass is 336 g/mol. The molecule has 23 heavy (non-hydrogen) atoms. The van der Waals surface area contributed by atoms with E-state index < -0.39 is 11.9 Å². The predicted molar refractivity (Wildman–Crippen MR) is 90.7 cm³/mol. The third-order valence-corrected chi connectivity index (χ3v) is 4.00. The largest absolute Gasteiger partial charge is 0.465 e. The molecule has 2 N–H and O–H groups in total. The van der Waals surface area contributed by atoms with Crippen molar-refractivity contribution in [3.8, 4) is 0 Å². The van der Waals surface area contributed by atoms with Crippen LogP contribution in [0.4, 0.5) is 5.69 Å². The molecule has 0 saturated heterocycles. The maximum absolute atomic E-state index is 11.9. The van der Waals surface area contributed by atoms with E-state index in [9.17, 15) is 9.59 Å². The smallest absolute Gasteiger partial charge is 0.339 e. The lowest BCUT2D eigenvalue weighted by Gasteiger charge is -2.17. The minimum atomic E-state index is -0.507. The molecule has 1 fully saturated rings. The van der Waals surface area contributed by atoms with Gasteiger partial charge in [-0.2, -0.15) is 0 Å². The number of benzene rings is 1. The summed E-state index contributed by atoms with van der Waals surface area (Å²) in [5.41, 5.74) is 1.04. The molecule has 2 rings (SSSR count). The van der Waals surface area contributed by atoms with E-state index in [1.165, 1.54) is 45.3 Å². The molecule has 124 valence electrons. The SMILES string of the molecule is COC(=O)c1ccc(C(=O)OC)c(NC(=S)NC2CCCC2)c1. The van der Waals surface area contributed by atoms with Crippen LogP contribution in [0.3, 0.4) is 0 Å². The molecule has 1 aromatic carbocycles. The Balaban J connectivity index is 2.19. The molecule has 0 amide bonds. The summed E-state index contributed by atoms with van der Waals surface area (Å²) >= 11 is 5.30. The van der Waals surface area contributed by atoms with Gasteiger partial charge in [-0.15, -0.1) is 0 Å². The fraction of sp³-hybridized carbons (Fsp3) is 0.438. The standard InChI is InChI=1S/C16H20N2O4S/c1-21-14(19)10-7-8-12(15(20)22-2)13(9-10)18-16(23)17-11-5-3-4-6-11/h7-9,11H,3-6H2,1-2H3,(H2,17,18,23). The number of esters is 2. The quantitative estimate of drug-likeness (QED) is 0.646. The topological polar surface area (TPSA) is 76.7 Å². The van der Waals surface area contributed by atoms with Crippen molar-refractivity contribution in [2.45, 2.75) is 31.7 Å². The van der Waals surface area contributed by atoms with E-state index in [4.69, 9.17) is 21.7 Å². The average molecular weight is 336 g/mol. The van der Waals surface area contributed by atoms with Gasteiger partial charge in [0.2, 0.25) is 0 Å². The second-order valence-electron chi connectivity index (χ2n) is 5.32. The van der Waals surface area contributed by atoms with Gasteiger partial charge >= 0.3 is 11.9 Å². The van der Waals surface area contributed by atoms with Crippen LogP contribution in [-0.4, -0.2) is 37.3 Å². The van der Waals surface area contributed by atoms with Crippen molar-refractivity contribution in [1.82, 2.24) is 5.32 Å². The Bertz CT molecular complexity index is 612. The number of carbonyl (C=O) groups is 2. The predicted octanol–water partition coefficient (Wildman–Crippen LogP) is 2.49. The molecular formula is C16H20N2O4S. The number of methoxy groups -OCH3 is 2. The lowest BCUT2D eigenvalue weighted by atomic mass is 10.1. The fourth-order valence-electron chi connectivity index (χ4n) is 2.59. The molecule has 0 unspecified atom stereocenters. The summed E-state index contributed by atoms with van der Waals surface area (Å²) in [6, 6.07) is 4.90. The van der Waals surface area contributed by atoms with Crippen LogP contribution in [0.2, 0.25) is 0 Å². The highest BCUT2D eigenvalue weighted by molar-refractivity contribution is 7.80. The van der Waals surface area contributed by atoms with E-state index in [2.05, 4.69) is 10.6 Å². The third-order valence-electron chi connectivity index (χ3n) is 3.78. The van der Waals surface area contributed by atoms with Crippen molar-refractivity contribution >= 4 is 35.0 Å². The van der Waals surface area contributed by atoms with E-state index in [0.717, 1.165) is 12.8 Å². The number of hydrogen-bond donors (Lipinski definition) is 2. The highest BCUT2D eigenvalue weighted by atomic mass is 32.1. The molecular weight excluding hydrogens is 316 g/mol. The number of nitrogens with one attached hydrogen (secondary N) is 2. The third kappa shape index (κ3) is 4.41. The Morgan fingerprint density at radius 1 is 1.13 bits per heavy atom. The zero-order valence-corrected chi connectivity index (χ0v) is 14.0. The van der Waals surface area contributed by atoms with Gasteiger partial charge in [0.15, 0.2) is 5.11 Å². The minimum Gasteiger partial charge on any atom is -0.465 e. The zero-order chi connectivity index (χ0) is 16.8. The lowest BCUT2D eigenvalue weighted by molar-refractivity contribution is 0.0587. The Morgan fingerprint density at radius 2 is 1.78 bits per heavy atom. The summed E-state index contributed by atoms with van der Waals surface area (Å²) < 4.78 is 9.46. The number of carbonyl (C=O) groups excluding carboxylic acids is 2. The molecule has 1 saturated carbocycles. The second kappa shape index (κ2) is 7.92. The van der Waals surface area contributed by atoms with Crippen molar-refractivity contribution in [1.29, 1.82) is 0 Å². The lowest BCUT2D eigenvalue weighted by Crippen LogP contribution is -2.36. The van der Waals surface area contributed by atoms with Gasteiger partial charge in [0.1, 0.15) is 0 Å². The summed E-state index contributed by atoms with van der Waals surface area (Å²) in [7, 11) is 2.60.